The highest BCUT2D eigenvalue weighted by molar-refractivity contribution is 5.93. The van der Waals surface area contributed by atoms with Gasteiger partial charge < -0.3 is 14.2 Å². The third-order valence-electron chi connectivity index (χ3n) is 6.83. The molecule has 2 bridgehead atoms. The number of carbonyl (C=O) groups is 2. The third kappa shape index (κ3) is 3.32. The van der Waals surface area contributed by atoms with Crippen LogP contribution in [-0.2, 0) is 11.2 Å². The molecule has 2 aromatic rings. The second-order valence-electron chi connectivity index (χ2n) is 8.85. The lowest BCUT2D eigenvalue weighted by molar-refractivity contribution is -0.138. The lowest BCUT2D eigenvalue weighted by Gasteiger charge is -2.46. The summed E-state index contributed by atoms with van der Waals surface area (Å²) in [7, 11) is 0. The number of oxazole rings is 1. The van der Waals surface area contributed by atoms with Crippen LogP contribution in [0.4, 0.5) is 8.78 Å². The van der Waals surface area contributed by atoms with Crippen molar-refractivity contribution in [1.29, 1.82) is 0 Å². The fourth-order valence-electron chi connectivity index (χ4n) is 5.37. The summed E-state index contributed by atoms with van der Waals surface area (Å²) in [5.74, 6) is -3.68. The van der Waals surface area contributed by atoms with E-state index in [4.69, 9.17) is 4.42 Å². The van der Waals surface area contributed by atoms with E-state index in [-0.39, 0.29) is 48.5 Å². The van der Waals surface area contributed by atoms with E-state index in [1.165, 1.54) is 17.0 Å². The predicted molar refractivity (Wildman–Crippen MR) is 109 cm³/mol. The molecule has 0 spiro atoms. The van der Waals surface area contributed by atoms with Crippen LogP contribution < -0.4 is 5.56 Å². The molecule has 32 heavy (non-hydrogen) atoms. The number of hydrogen-bond acceptors (Lipinski definition) is 5. The Labute approximate surface area is 182 Å². The largest absolute Gasteiger partial charge is 0.448 e. The van der Waals surface area contributed by atoms with E-state index in [0.29, 0.717) is 30.8 Å². The van der Waals surface area contributed by atoms with Gasteiger partial charge in [0.1, 0.15) is 11.8 Å². The van der Waals surface area contributed by atoms with Crippen LogP contribution in [0.2, 0.25) is 0 Å². The van der Waals surface area contributed by atoms with E-state index in [1.807, 2.05) is 6.92 Å². The first-order valence-electron chi connectivity index (χ1n) is 10.9. The molecular weight excluding hydrogens is 422 g/mol. The van der Waals surface area contributed by atoms with Crippen molar-refractivity contribution in [3.8, 4) is 0 Å². The minimum atomic E-state index is -2.92. The van der Waals surface area contributed by atoms with Crippen LogP contribution >= 0.6 is 0 Å². The van der Waals surface area contributed by atoms with Gasteiger partial charge in [-0.25, -0.2) is 13.8 Å². The number of pyridine rings is 1. The molecule has 10 heteroatoms. The molecule has 0 aliphatic carbocycles. The maximum atomic E-state index is 13.8. The Hall–Kier alpha value is -3.04. The molecular formula is C22H24F2N4O4. The van der Waals surface area contributed by atoms with Gasteiger partial charge in [-0.1, -0.05) is 13.0 Å². The second-order valence-corrected chi connectivity index (χ2v) is 8.85. The molecule has 0 unspecified atom stereocenters. The van der Waals surface area contributed by atoms with Gasteiger partial charge in [0.15, 0.2) is 12.1 Å². The number of alkyl halides is 2. The van der Waals surface area contributed by atoms with E-state index in [2.05, 4.69) is 4.98 Å². The van der Waals surface area contributed by atoms with Gasteiger partial charge in [0.2, 0.25) is 5.91 Å². The third-order valence-corrected chi connectivity index (χ3v) is 6.83. The highest BCUT2D eigenvalue weighted by atomic mass is 19.3. The fraction of sp³-hybridized carbons (Fsp3) is 0.545. The molecule has 5 heterocycles. The van der Waals surface area contributed by atoms with Gasteiger partial charge in [-0.2, -0.15) is 0 Å². The lowest BCUT2D eigenvalue weighted by atomic mass is 9.78. The van der Waals surface area contributed by atoms with Crippen molar-refractivity contribution < 1.29 is 22.8 Å². The van der Waals surface area contributed by atoms with E-state index >= 15 is 0 Å². The summed E-state index contributed by atoms with van der Waals surface area (Å²) in [6.45, 7) is 1.81. The van der Waals surface area contributed by atoms with Crippen LogP contribution in [0.1, 0.15) is 53.7 Å². The average Bonchev–Trinajstić information content (AvgIpc) is 3.39. The Bertz CT molecular complexity index is 1130. The minimum absolute atomic E-state index is 0.0448. The molecule has 3 aliphatic heterocycles. The second kappa shape index (κ2) is 7.53. The molecule has 0 saturated carbocycles. The Balaban J connectivity index is 1.51. The standard InChI is InChI=1S/C22H24F2N4O4/c1-2-16-18(25-12-32-16)20(30)27-9-13-8-14(10-27)19(28-15(13)4-3-5-17(28)29)21(31)26-7-6-22(23,24)11-26/h3-5,12-14,19H,2,6-11H2,1H3/t13-,14+,19+/m0/s1. The summed E-state index contributed by atoms with van der Waals surface area (Å²) in [5, 5.41) is 0. The van der Waals surface area contributed by atoms with Gasteiger partial charge in [-0.05, 0) is 12.5 Å². The normalized spacial score (nSPS) is 26.2. The van der Waals surface area contributed by atoms with Crippen molar-refractivity contribution in [3.05, 3.63) is 52.1 Å². The molecule has 5 rings (SSSR count). The van der Waals surface area contributed by atoms with Crippen molar-refractivity contribution in [3.63, 3.8) is 0 Å². The summed E-state index contributed by atoms with van der Waals surface area (Å²) < 4.78 is 34.4. The van der Waals surface area contributed by atoms with E-state index in [1.54, 1.807) is 17.0 Å². The van der Waals surface area contributed by atoms with Crippen LogP contribution in [0.5, 0.6) is 0 Å². The molecule has 0 radical (unpaired) electrons. The molecule has 3 atom stereocenters. The number of rotatable bonds is 3. The van der Waals surface area contributed by atoms with Crippen LogP contribution in [0.25, 0.3) is 0 Å². The van der Waals surface area contributed by atoms with Crippen LogP contribution in [-0.4, -0.2) is 63.3 Å². The van der Waals surface area contributed by atoms with E-state index in [0.717, 1.165) is 4.90 Å². The summed E-state index contributed by atoms with van der Waals surface area (Å²) in [4.78, 5) is 46.3. The van der Waals surface area contributed by atoms with Gasteiger partial charge in [-0.15, -0.1) is 0 Å². The minimum Gasteiger partial charge on any atom is -0.448 e. The van der Waals surface area contributed by atoms with Crippen molar-refractivity contribution in [2.45, 2.75) is 44.1 Å². The summed E-state index contributed by atoms with van der Waals surface area (Å²) in [6, 6.07) is 3.88. The van der Waals surface area contributed by atoms with Crippen molar-refractivity contribution in [2.24, 2.45) is 5.92 Å². The maximum Gasteiger partial charge on any atom is 0.276 e. The monoisotopic (exact) mass is 446 g/mol. The van der Waals surface area contributed by atoms with Gasteiger partial charge >= 0.3 is 0 Å². The van der Waals surface area contributed by atoms with Crippen molar-refractivity contribution in [1.82, 2.24) is 19.4 Å². The lowest BCUT2D eigenvalue weighted by Crippen LogP contribution is -2.55. The number of aryl methyl sites for hydroxylation is 1. The summed E-state index contributed by atoms with van der Waals surface area (Å²) in [5.41, 5.74) is 0.581. The van der Waals surface area contributed by atoms with Crippen molar-refractivity contribution >= 4 is 11.8 Å². The Kier molecular flexibility index (Phi) is 4.90. The van der Waals surface area contributed by atoms with Gasteiger partial charge in [-0.3, -0.25) is 19.0 Å². The quantitative estimate of drug-likeness (QED) is 0.720. The number of carbonyl (C=O) groups excluding carboxylic acids is 2. The Morgan fingerprint density at radius 3 is 2.78 bits per heavy atom. The number of aromatic nitrogens is 2. The predicted octanol–water partition coefficient (Wildman–Crippen LogP) is 2.07. The molecule has 170 valence electrons. The molecule has 8 nitrogen and oxygen atoms in total. The zero-order valence-electron chi connectivity index (χ0n) is 17.7. The number of hydrogen-bond donors (Lipinski definition) is 0. The highest BCUT2D eigenvalue weighted by Gasteiger charge is 2.49. The number of piperidine rings is 1. The van der Waals surface area contributed by atoms with Crippen LogP contribution in [0, 0.1) is 5.92 Å². The van der Waals surface area contributed by atoms with E-state index in [9.17, 15) is 23.2 Å². The van der Waals surface area contributed by atoms with Gasteiger partial charge in [0.05, 0.1) is 6.54 Å². The highest BCUT2D eigenvalue weighted by Crippen LogP contribution is 2.43. The SMILES string of the molecule is CCc1ocnc1C(=O)N1C[C@@H]2C[C@H](C1)[C@H](C(=O)N1CCC(F)(F)C1)n1c2cccc1=O. The molecule has 2 fully saturated rings. The number of nitrogens with zero attached hydrogens (tertiary/aromatic N) is 4. The summed E-state index contributed by atoms with van der Waals surface area (Å²) in [6.07, 6.45) is 1.98. The van der Waals surface area contributed by atoms with Crippen molar-refractivity contribution in [2.75, 3.05) is 26.2 Å². The van der Waals surface area contributed by atoms with Gasteiger partial charge in [0, 0.05) is 56.1 Å². The first-order chi connectivity index (χ1) is 15.3. The summed E-state index contributed by atoms with van der Waals surface area (Å²) >= 11 is 0. The van der Waals surface area contributed by atoms with Crippen LogP contribution in [0.15, 0.2) is 33.8 Å². The average molecular weight is 446 g/mol. The smallest absolute Gasteiger partial charge is 0.276 e. The number of fused-ring (bicyclic) bond motifs is 4. The first kappa shape index (κ1) is 20.8. The molecule has 0 aromatic carbocycles. The molecule has 2 aromatic heterocycles. The Morgan fingerprint density at radius 2 is 2.06 bits per heavy atom. The van der Waals surface area contributed by atoms with E-state index < -0.39 is 24.4 Å². The maximum absolute atomic E-state index is 13.8. The van der Waals surface area contributed by atoms with Crippen LogP contribution in [0.3, 0.4) is 0 Å². The fourth-order valence-corrected chi connectivity index (χ4v) is 5.37. The topological polar surface area (TPSA) is 88.7 Å². The van der Waals surface area contributed by atoms with Gasteiger partial charge in [0.25, 0.3) is 17.4 Å². The first-order valence-corrected chi connectivity index (χ1v) is 10.9. The molecule has 3 aliphatic rings. The number of halogens is 2. The number of likely N-dealkylation sites (tertiary alicyclic amines) is 2. The zero-order valence-corrected chi connectivity index (χ0v) is 17.7. The molecule has 2 saturated heterocycles. The number of amides is 2. The molecule has 2 amide bonds. The molecule has 0 N–H and O–H groups in total. The zero-order chi connectivity index (χ0) is 22.6. The Morgan fingerprint density at radius 1 is 1.25 bits per heavy atom.